The summed E-state index contributed by atoms with van der Waals surface area (Å²) in [6.07, 6.45) is 1.45. The lowest BCUT2D eigenvalue weighted by molar-refractivity contribution is -0.130. The highest BCUT2D eigenvalue weighted by atomic mass is 16.5. The van der Waals surface area contributed by atoms with Crippen molar-refractivity contribution in [3.8, 4) is 5.75 Å². The Kier molecular flexibility index (Phi) is 2.64. The van der Waals surface area contributed by atoms with Gasteiger partial charge in [0.2, 0.25) is 0 Å². The van der Waals surface area contributed by atoms with E-state index in [9.17, 15) is 4.79 Å². The maximum absolute atomic E-state index is 10.5. The first-order valence-corrected chi connectivity index (χ1v) is 3.57. The van der Waals surface area contributed by atoms with Crippen LogP contribution < -0.4 is 4.74 Å². The third-order valence-corrected chi connectivity index (χ3v) is 1.54. The van der Waals surface area contributed by atoms with Crippen LogP contribution in [-0.4, -0.2) is 23.2 Å². The normalized spacial score (nSPS) is 9.31. The fourth-order valence-corrected chi connectivity index (χ4v) is 0.789. The standard InChI is InChI=1S/C9H9NO3/c1-6(9(11)12)8-4-3-7(13-2)5-10-8/h3-5H,1H2,2H3,(H,11,12). The van der Waals surface area contributed by atoms with Crippen molar-refractivity contribution >= 4 is 11.5 Å². The minimum atomic E-state index is -1.07. The number of aliphatic carboxylic acids is 1. The van der Waals surface area contributed by atoms with E-state index in [1.165, 1.54) is 13.3 Å². The summed E-state index contributed by atoms with van der Waals surface area (Å²) in [5.41, 5.74) is 0.316. The molecule has 0 aliphatic rings. The molecule has 4 nitrogen and oxygen atoms in total. The Morgan fingerprint density at radius 3 is 2.69 bits per heavy atom. The first-order valence-electron chi connectivity index (χ1n) is 3.57. The molecule has 0 atom stereocenters. The van der Waals surface area contributed by atoms with E-state index in [1.807, 2.05) is 0 Å². The van der Waals surface area contributed by atoms with Crippen LogP contribution >= 0.6 is 0 Å². The van der Waals surface area contributed by atoms with Crippen LogP contribution in [0.15, 0.2) is 24.9 Å². The quantitative estimate of drug-likeness (QED) is 0.708. The molecule has 4 heteroatoms. The molecule has 0 radical (unpaired) electrons. The number of carbonyl (C=O) groups is 1. The zero-order valence-corrected chi connectivity index (χ0v) is 7.15. The highest BCUT2D eigenvalue weighted by Crippen LogP contribution is 2.13. The molecule has 1 N–H and O–H groups in total. The third-order valence-electron chi connectivity index (χ3n) is 1.54. The van der Waals surface area contributed by atoms with E-state index in [1.54, 1.807) is 12.1 Å². The molecule has 0 aromatic carbocycles. The van der Waals surface area contributed by atoms with Gasteiger partial charge in [-0.2, -0.15) is 0 Å². The van der Waals surface area contributed by atoms with Crippen molar-refractivity contribution < 1.29 is 14.6 Å². The Morgan fingerprint density at radius 1 is 1.62 bits per heavy atom. The van der Waals surface area contributed by atoms with Crippen molar-refractivity contribution in [1.82, 2.24) is 4.98 Å². The molecular weight excluding hydrogens is 170 g/mol. The summed E-state index contributed by atoms with van der Waals surface area (Å²) in [6, 6.07) is 3.19. The number of methoxy groups -OCH3 is 1. The molecule has 1 heterocycles. The molecule has 0 amide bonds. The van der Waals surface area contributed by atoms with Crippen LogP contribution in [0.2, 0.25) is 0 Å². The summed E-state index contributed by atoms with van der Waals surface area (Å²) < 4.78 is 4.87. The second-order valence-corrected chi connectivity index (χ2v) is 2.37. The number of nitrogens with zero attached hydrogens (tertiary/aromatic N) is 1. The van der Waals surface area contributed by atoms with Gasteiger partial charge in [0.1, 0.15) is 5.75 Å². The Bertz CT molecular complexity index is 329. The maximum atomic E-state index is 10.5. The van der Waals surface area contributed by atoms with Gasteiger partial charge in [-0.3, -0.25) is 4.98 Å². The molecular formula is C9H9NO3. The van der Waals surface area contributed by atoms with Crippen LogP contribution in [0, 0.1) is 0 Å². The van der Waals surface area contributed by atoms with Gasteiger partial charge in [0.05, 0.1) is 24.6 Å². The van der Waals surface area contributed by atoms with Gasteiger partial charge >= 0.3 is 5.97 Å². The minimum absolute atomic E-state index is 0.0253. The van der Waals surface area contributed by atoms with Crippen LogP contribution in [0.3, 0.4) is 0 Å². The number of hydrogen-bond acceptors (Lipinski definition) is 3. The number of pyridine rings is 1. The summed E-state index contributed by atoms with van der Waals surface area (Å²) >= 11 is 0. The number of carboxylic acids is 1. The van der Waals surface area contributed by atoms with Crippen LogP contribution in [0.5, 0.6) is 5.75 Å². The Balaban J connectivity index is 2.92. The molecule has 0 aliphatic carbocycles. The van der Waals surface area contributed by atoms with Gasteiger partial charge in [0.15, 0.2) is 0 Å². The fourth-order valence-electron chi connectivity index (χ4n) is 0.789. The van der Waals surface area contributed by atoms with Gasteiger partial charge in [-0.05, 0) is 12.1 Å². The first-order chi connectivity index (χ1) is 6.15. The van der Waals surface area contributed by atoms with Gasteiger partial charge in [-0.1, -0.05) is 6.58 Å². The van der Waals surface area contributed by atoms with Crippen LogP contribution in [0.25, 0.3) is 5.57 Å². The fraction of sp³-hybridized carbons (Fsp3) is 0.111. The number of aromatic nitrogens is 1. The molecule has 0 saturated carbocycles. The second-order valence-electron chi connectivity index (χ2n) is 2.37. The van der Waals surface area contributed by atoms with Crippen molar-refractivity contribution in [2.75, 3.05) is 7.11 Å². The van der Waals surface area contributed by atoms with Crippen molar-refractivity contribution in [1.29, 1.82) is 0 Å². The molecule has 1 rings (SSSR count). The van der Waals surface area contributed by atoms with Gasteiger partial charge in [0.25, 0.3) is 0 Å². The predicted molar refractivity (Wildman–Crippen MR) is 47.5 cm³/mol. The maximum Gasteiger partial charge on any atom is 0.337 e. The molecule has 1 aromatic rings. The summed E-state index contributed by atoms with van der Waals surface area (Å²) in [5, 5.41) is 8.59. The zero-order valence-electron chi connectivity index (χ0n) is 7.15. The van der Waals surface area contributed by atoms with E-state index in [-0.39, 0.29) is 5.57 Å². The van der Waals surface area contributed by atoms with E-state index in [0.717, 1.165) is 0 Å². The lowest BCUT2D eigenvalue weighted by Gasteiger charge is -2.01. The van der Waals surface area contributed by atoms with Crippen LogP contribution in [0.1, 0.15) is 5.69 Å². The molecule has 1 aromatic heterocycles. The number of rotatable bonds is 3. The molecule has 0 saturated heterocycles. The molecule has 0 unspecified atom stereocenters. The average Bonchev–Trinajstić information content (AvgIpc) is 2.17. The van der Waals surface area contributed by atoms with Crippen molar-refractivity contribution in [2.45, 2.75) is 0 Å². The predicted octanol–water partition coefficient (Wildman–Crippen LogP) is 1.19. The number of ether oxygens (including phenoxy) is 1. The second kappa shape index (κ2) is 3.71. The monoisotopic (exact) mass is 179 g/mol. The molecule has 68 valence electrons. The van der Waals surface area contributed by atoms with Crippen LogP contribution in [0.4, 0.5) is 0 Å². The SMILES string of the molecule is C=C(C(=O)O)c1ccc(OC)cn1. The van der Waals surface area contributed by atoms with Gasteiger partial charge in [-0.25, -0.2) is 4.79 Å². The van der Waals surface area contributed by atoms with Crippen molar-refractivity contribution in [3.05, 3.63) is 30.6 Å². The highest BCUT2D eigenvalue weighted by Gasteiger charge is 2.07. The topological polar surface area (TPSA) is 59.4 Å². The van der Waals surface area contributed by atoms with E-state index in [4.69, 9.17) is 9.84 Å². The summed E-state index contributed by atoms with van der Waals surface area (Å²) in [4.78, 5) is 14.3. The third kappa shape index (κ3) is 2.05. The van der Waals surface area contributed by atoms with Gasteiger partial charge in [0, 0.05) is 0 Å². The highest BCUT2D eigenvalue weighted by molar-refractivity contribution is 6.13. The number of carboxylic acid groups (broad SMARTS) is 1. The summed E-state index contributed by atoms with van der Waals surface area (Å²) in [6.45, 7) is 3.38. The minimum Gasteiger partial charge on any atom is -0.495 e. The van der Waals surface area contributed by atoms with Crippen molar-refractivity contribution in [2.24, 2.45) is 0 Å². The summed E-state index contributed by atoms with van der Waals surface area (Å²) in [5.74, 6) is -0.486. The van der Waals surface area contributed by atoms with Gasteiger partial charge < -0.3 is 9.84 Å². The van der Waals surface area contributed by atoms with Crippen molar-refractivity contribution in [3.63, 3.8) is 0 Å². The Hall–Kier alpha value is -1.84. The Morgan fingerprint density at radius 2 is 2.31 bits per heavy atom. The number of hydrogen-bond donors (Lipinski definition) is 1. The molecule has 0 aliphatic heterocycles. The lowest BCUT2D eigenvalue weighted by atomic mass is 10.2. The molecule has 0 fully saturated rings. The zero-order chi connectivity index (χ0) is 9.84. The molecule has 0 spiro atoms. The smallest absolute Gasteiger partial charge is 0.337 e. The van der Waals surface area contributed by atoms with Gasteiger partial charge in [-0.15, -0.1) is 0 Å². The summed E-state index contributed by atoms with van der Waals surface area (Å²) in [7, 11) is 1.52. The largest absolute Gasteiger partial charge is 0.495 e. The lowest BCUT2D eigenvalue weighted by Crippen LogP contribution is -2.00. The average molecular weight is 179 g/mol. The van der Waals surface area contributed by atoms with E-state index in [2.05, 4.69) is 11.6 Å². The van der Waals surface area contributed by atoms with E-state index in [0.29, 0.717) is 11.4 Å². The molecule has 13 heavy (non-hydrogen) atoms. The van der Waals surface area contributed by atoms with Crippen LogP contribution in [-0.2, 0) is 4.79 Å². The van der Waals surface area contributed by atoms with E-state index < -0.39 is 5.97 Å². The first kappa shape index (κ1) is 9.25. The Labute approximate surface area is 75.5 Å². The van der Waals surface area contributed by atoms with E-state index >= 15 is 0 Å². The molecule has 0 bridgehead atoms.